The van der Waals surface area contributed by atoms with Gasteiger partial charge in [-0.25, -0.2) is 8.42 Å². The molecule has 1 heterocycles. The molecule has 0 bridgehead atoms. The predicted octanol–water partition coefficient (Wildman–Crippen LogP) is 4.39. The van der Waals surface area contributed by atoms with Crippen molar-refractivity contribution in [1.82, 2.24) is 10.2 Å². The van der Waals surface area contributed by atoms with Crippen LogP contribution in [0.2, 0.25) is 5.02 Å². The first kappa shape index (κ1) is 30.2. The molecular weight excluding hydrogens is 566 g/mol. The molecule has 4 rings (SSSR count). The monoisotopic (exact) mass is 599 g/mol. The van der Waals surface area contributed by atoms with Gasteiger partial charge in [0.25, 0.3) is 0 Å². The van der Waals surface area contributed by atoms with Crippen LogP contribution in [-0.2, 0) is 32.6 Å². The third-order valence-corrected chi connectivity index (χ3v) is 7.75. The van der Waals surface area contributed by atoms with E-state index in [-0.39, 0.29) is 31.4 Å². The predicted molar refractivity (Wildman–Crippen MR) is 159 cm³/mol. The minimum atomic E-state index is -3.90. The van der Waals surface area contributed by atoms with Crippen LogP contribution in [0.1, 0.15) is 31.9 Å². The van der Waals surface area contributed by atoms with E-state index in [1.54, 1.807) is 36.4 Å². The number of anilines is 1. The number of carbonyl (C=O) groups is 2. The Hall–Kier alpha value is -3.76. The van der Waals surface area contributed by atoms with E-state index in [0.717, 1.165) is 21.7 Å². The molecule has 0 unspecified atom stereocenters. The van der Waals surface area contributed by atoms with Gasteiger partial charge in [-0.3, -0.25) is 13.9 Å². The number of hydrogen-bond acceptors (Lipinski definition) is 6. The Morgan fingerprint density at radius 2 is 1.61 bits per heavy atom. The van der Waals surface area contributed by atoms with Crippen molar-refractivity contribution in [2.45, 2.75) is 45.3 Å². The summed E-state index contributed by atoms with van der Waals surface area (Å²) in [6.07, 6.45) is 1.26. The summed E-state index contributed by atoms with van der Waals surface area (Å²) < 4.78 is 37.7. The van der Waals surface area contributed by atoms with Gasteiger partial charge in [0.05, 0.1) is 11.9 Å². The van der Waals surface area contributed by atoms with Crippen molar-refractivity contribution in [3.63, 3.8) is 0 Å². The highest BCUT2D eigenvalue weighted by Gasteiger charge is 2.34. The molecule has 0 fully saturated rings. The van der Waals surface area contributed by atoms with Crippen LogP contribution >= 0.6 is 11.6 Å². The van der Waals surface area contributed by atoms with E-state index in [9.17, 15) is 18.0 Å². The quantitative estimate of drug-likeness (QED) is 0.371. The molecular formula is C30H34ClN3O6S. The number of halogens is 1. The zero-order valence-corrected chi connectivity index (χ0v) is 25.0. The Morgan fingerprint density at radius 1 is 0.951 bits per heavy atom. The Labute approximate surface area is 246 Å². The molecule has 0 saturated heterocycles. The second kappa shape index (κ2) is 12.4. The van der Waals surface area contributed by atoms with Crippen molar-refractivity contribution in [2.24, 2.45) is 0 Å². The maximum absolute atomic E-state index is 14.1. The number of carbonyl (C=O) groups excluding carboxylic acids is 2. The number of fused-ring (bicyclic) bond motifs is 1. The average molecular weight is 600 g/mol. The lowest BCUT2D eigenvalue weighted by atomic mass is 10.0. The molecule has 0 spiro atoms. The first-order valence-electron chi connectivity index (χ1n) is 13.1. The molecule has 0 aromatic heterocycles. The number of nitrogens with one attached hydrogen (secondary N) is 1. The van der Waals surface area contributed by atoms with E-state index in [2.05, 4.69) is 5.32 Å². The Kier molecular flexibility index (Phi) is 9.14. The van der Waals surface area contributed by atoms with Crippen molar-refractivity contribution in [1.29, 1.82) is 0 Å². The van der Waals surface area contributed by atoms with Crippen LogP contribution in [0.4, 0.5) is 5.69 Å². The molecule has 1 aliphatic rings. The first-order valence-corrected chi connectivity index (χ1v) is 15.3. The molecule has 0 radical (unpaired) electrons. The first-order chi connectivity index (χ1) is 19.3. The topological polar surface area (TPSA) is 105 Å². The van der Waals surface area contributed by atoms with Crippen molar-refractivity contribution in [3.8, 4) is 11.5 Å². The fourth-order valence-electron chi connectivity index (χ4n) is 4.45. The average Bonchev–Trinajstić information content (AvgIpc) is 3.37. The van der Waals surface area contributed by atoms with E-state index < -0.39 is 34.1 Å². The summed E-state index contributed by atoms with van der Waals surface area (Å²) in [5.74, 6) is -0.0292. The molecule has 1 aliphatic heterocycles. The summed E-state index contributed by atoms with van der Waals surface area (Å²) in [6, 6.07) is 20.1. The summed E-state index contributed by atoms with van der Waals surface area (Å²) in [6.45, 7) is 5.14. The summed E-state index contributed by atoms with van der Waals surface area (Å²) in [5, 5.41) is 3.53. The maximum Gasteiger partial charge on any atom is 0.244 e. The summed E-state index contributed by atoms with van der Waals surface area (Å²) >= 11 is 6.09. The Balaban J connectivity index is 1.74. The van der Waals surface area contributed by atoms with Gasteiger partial charge in [0, 0.05) is 29.6 Å². The van der Waals surface area contributed by atoms with Crippen LogP contribution in [0.25, 0.3) is 0 Å². The maximum atomic E-state index is 14.1. The third kappa shape index (κ3) is 8.14. The summed E-state index contributed by atoms with van der Waals surface area (Å²) in [4.78, 5) is 29.3. The van der Waals surface area contributed by atoms with E-state index in [1.165, 1.54) is 11.0 Å². The molecule has 11 heteroatoms. The number of rotatable bonds is 10. The number of nitrogens with zero attached hydrogens (tertiary/aromatic N) is 2. The highest BCUT2D eigenvalue weighted by Crippen LogP contribution is 2.36. The minimum absolute atomic E-state index is 0.0233. The van der Waals surface area contributed by atoms with Crippen LogP contribution in [0.15, 0.2) is 72.8 Å². The fourth-order valence-corrected chi connectivity index (χ4v) is 5.41. The molecule has 218 valence electrons. The van der Waals surface area contributed by atoms with Crippen molar-refractivity contribution < 1.29 is 27.5 Å². The largest absolute Gasteiger partial charge is 0.454 e. The Morgan fingerprint density at radius 3 is 2.24 bits per heavy atom. The van der Waals surface area contributed by atoms with Gasteiger partial charge in [0.1, 0.15) is 12.6 Å². The zero-order chi connectivity index (χ0) is 29.8. The van der Waals surface area contributed by atoms with Gasteiger partial charge in [-0.05, 0) is 56.2 Å². The molecule has 9 nitrogen and oxygen atoms in total. The summed E-state index contributed by atoms with van der Waals surface area (Å²) in [5.41, 5.74) is 1.27. The van der Waals surface area contributed by atoms with Gasteiger partial charge in [0.15, 0.2) is 11.5 Å². The molecule has 2 amide bonds. The standard InChI is InChI=1S/C30H34ClN3O6S/c1-30(2,3)32-29(36)25(16-21-8-6-5-7-9-21)33(18-22-10-12-23(31)13-11-22)28(35)19-34(41(4,37)38)24-14-15-26-27(17-24)40-20-39-26/h5-15,17,25H,16,18-20H2,1-4H3,(H,32,36)/t25-/m1/s1. The zero-order valence-electron chi connectivity index (χ0n) is 23.5. The lowest BCUT2D eigenvalue weighted by Gasteiger charge is -2.35. The molecule has 0 saturated carbocycles. The lowest BCUT2D eigenvalue weighted by Crippen LogP contribution is -2.56. The highest BCUT2D eigenvalue weighted by atomic mass is 35.5. The summed E-state index contributed by atoms with van der Waals surface area (Å²) in [7, 11) is -3.90. The van der Waals surface area contributed by atoms with Crippen molar-refractivity contribution in [3.05, 3.63) is 88.9 Å². The van der Waals surface area contributed by atoms with E-state index >= 15 is 0 Å². The van der Waals surface area contributed by atoms with Gasteiger partial charge in [-0.2, -0.15) is 0 Å². The fraction of sp³-hybridized carbons (Fsp3) is 0.333. The number of ether oxygens (including phenoxy) is 2. The molecule has 0 aliphatic carbocycles. The van der Waals surface area contributed by atoms with Crippen molar-refractivity contribution in [2.75, 3.05) is 23.9 Å². The number of amides is 2. The van der Waals surface area contributed by atoms with Crippen molar-refractivity contribution >= 4 is 39.1 Å². The molecule has 1 atom stereocenters. The van der Waals surface area contributed by atoms with E-state index in [1.807, 2.05) is 51.1 Å². The van der Waals surface area contributed by atoms with Crippen LogP contribution < -0.4 is 19.1 Å². The van der Waals surface area contributed by atoms with Crippen LogP contribution in [0.5, 0.6) is 11.5 Å². The number of benzene rings is 3. The van der Waals surface area contributed by atoms with E-state index in [0.29, 0.717) is 16.5 Å². The smallest absolute Gasteiger partial charge is 0.244 e. The van der Waals surface area contributed by atoms with Gasteiger partial charge in [0.2, 0.25) is 28.6 Å². The second-order valence-electron chi connectivity index (χ2n) is 10.9. The van der Waals surface area contributed by atoms with Crippen LogP contribution in [0, 0.1) is 0 Å². The van der Waals surface area contributed by atoms with Crippen LogP contribution in [0.3, 0.4) is 0 Å². The second-order valence-corrected chi connectivity index (χ2v) is 13.2. The van der Waals surface area contributed by atoms with E-state index in [4.69, 9.17) is 21.1 Å². The van der Waals surface area contributed by atoms with Gasteiger partial charge >= 0.3 is 0 Å². The van der Waals surface area contributed by atoms with Crippen LogP contribution in [-0.4, -0.2) is 56.3 Å². The highest BCUT2D eigenvalue weighted by molar-refractivity contribution is 7.92. The molecule has 3 aromatic carbocycles. The lowest BCUT2D eigenvalue weighted by molar-refractivity contribution is -0.140. The molecule has 41 heavy (non-hydrogen) atoms. The Bertz CT molecular complexity index is 1490. The number of sulfonamides is 1. The van der Waals surface area contributed by atoms with Gasteiger partial charge in [-0.15, -0.1) is 0 Å². The normalized spacial score (nSPS) is 13.4. The molecule has 1 N–H and O–H groups in total. The third-order valence-electron chi connectivity index (χ3n) is 6.36. The SMILES string of the molecule is CC(C)(C)NC(=O)[C@@H](Cc1ccccc1)N(Cc1ccc(Cl)cc1)C(=O)CN(c1ccc2c(c1)OCO2)S(C)(=O)=O. The number of hydrogen-bond donors (Lipinski definition) is 1. The minimum Gasteiger partial charge on any atom is -0.454 e. The van der Waals surface area contributed by atoms with Gasteiger partial charge < -0.3 is 19.7 Å². The van der Waals surface area contributed by atoms with Gasteiger partial charge in [-0.1, -0.05) is 54.1 Å². The molecule has 3 aromatic rings.